The Morgan fingerprint density at radius 2 is 1.23 bits per heavy atom. The van der Waals surface area contributed by atoms with Crippen molar-refractivity contribution in [2.24, 2.45) is 0 Å². The van der Waals surface area contributed by atoms with E-state index in [9.17, 15) is 5.26 Å². The third-order valence-corrected chi connectivity index (χ3v) is 9.92. The van der Waals surface area contributed by atoms with Gasteiger partial charge in [0.05, 0.1) is 28.1 Å². The number of nitriles is 1. The lowest BCUT2D eigenvalue weighted by molar-refractivity contribution is 0.673. The van der Waals surface area contributed by atoms with Gasteiger partial charge in [-0.1, -0.05) is 97.1 Å². The number of aromatic nitrogens is 1. The smallest absolute Gasteiger partial charge is 0.145 e. The number of fused-ring (bicyclic) bond motifs is 10. The number of hydrogen-bond acceptors (Lipinski definition) is 2. The van der Waals surface area contributed by atoms with Gasteiger partial charge in [-0.2, -0.15) is 5.26 Å². The molecule has 3 nitrogen and oxygen atoms in total. The first kappa shape index (κ1) is 25.9. The van der Waals surface area contributed by atoms with Crippen LogP contribution in [0.1, 0.15) is 28.2 Å². The molecule has 1 aliphatic carbocycles. The summed E-state index contributed by atoms with van der Waals surface area (Å²) in [4.78, 5) is 0. The lowest BCUT2D eigenvalue weighted by Crippen LogP contribution is -2.02. The fourth-order valence-electron chi connectivity index (χ4n) is 7.93. The molecule has 0 atom stereocenters. The van der Waals surface area contributed by atoms with Crippen molar-refractivity contribution in [1.82, 2.24) is 4.57 Å². The van der Waals surface area contributed by atoms with Gasteiger partial charge in [-0.3, -0.25) is 0 Å². The van der Waals surface area contributed by atoms with Crippen LogP contribution < -0.4 is 0 Å². The Hall–Kier alpha value is -6.37. The van der Waals surface area contributed by atoms with E-state index < -0.39 is 0 Å². The summed E-state index contributed by atoms with van der Waals surface area (Å²) in [6, 6.07) is 56.0. The van der Waals surface area contributed by atoms with E-state index in [1.807, 2.05) is 18.2 Å². The van der Waals surface area contributed by atoms with Gasteiger partial charge in [-0.25, -0.2) is 0 Å². The summed E-state index contributed by atoms with van der Waals surface area (Å²) in [7, 11) is 0. The molecule has 0 spiro atoms. The van der Waals surface area contributed by atoms with Crippen molar-refractivity contribution >= 4 is 43.7 Å². The molecule has 47 heavy (non-hydrogen) atoms. The molecular weight excluding hydrogens is 572 g/mol. The molecule has 0 bridgehead atoms. The number of para-hydroxylation sites is 2. The molecule has 218 valence electrons. The van der Waals surface area contributed by atoms with Crippen LogP contribution in [0.25, 0.3) is 71.7 Å². The van der Waals surface area contributed by atoms with Gasteiger partial charge >= 0.3 is 0 Å². The Morgan fingerprint density at radius 3 is 2.02 bits per heavy atom. The second-order valence-corrected chi connectivity index (χ2v) is 12.4. The van der Waals surface area contributed by atoms with Crippen molar-refractivity contribution in [1.29, 1.82) is 5.26 Å². The number of nitrogens with zero attached hydrogens (tertiary/aromatic N) is 2. The summed E-state index contributed by atoms with van der Waals surface area (Å²) in [5.74, 6) is 0.0223. The van der Waals surface area contributed by atoms with Crippen molar-refractivity contribution in [3.05, 3.63) is 174 Å². The quantitative estimate of drug-likeness (QED) is 0.203. The van der Waals surface area contributed by atoms with E-state index in [4.69, 9.17) is 4.42 Å². The second-order valence-electron chi connectivity index (χ2n) is 12.4. The van der Waals surface area contributed by atoms with Gasteiger partial charge in [0, 0.05) is 27.8 Å². The maximum Gasteiger partial charge on any atom is 0.145 e. The van der Waals surface area contributed by atoms with Gasteiger partial charge in [-0.05, 0) is 93.5 Å². The van der Waals surface area contributed by atoms with Crippen molar-refractivity contribution in [2.45, 2.75) is 5.92 Å². The molecule has 0 aliphatic heterocycles. The Bertz CT molecular complexity index is 2710. The molecule has 10 rings (SSSR count). The average molecular weight is 599 g/mol. The van der Waals surface area contributed by atoms with Crippen LogP contribution in [0.15, 0.2) is 156 Å². The monoisotopic (exact) mass is 598 g/mol. The molecule has 0 saturated heterocycles. The van der Waals surface area contributed by atoms with Crippen LogP contribution in [0, 0.1) is 11.3 Å². The number of rotatable bonds is 3. The predicted octanol–water partition coefficient (Wildman–Crippen LogP) is 11.4. The van der Waals surface area contributed by atoms with Crippen LogP contribution >= 0.6 is 0 Å². The fourth-order valence-corrected chi connectivity index (χ4v) is 7.93. The minimum atomic E-state index is 0.0223. The molecular formula is C44H26N2O. The summed E-state index contributed by atoms with van der Waals surface area (Å²) in [6.07, 6.45) is 0. The van der Waals surface area contributed by atoms with Crippen LogP contribution in [0.2, 0.25) is 0 Å². The highest BCUT2D eigenvalue weighted by atomic mass is 16.3. The van der Waals surface area contributed by atoms with Gasteiger partial charge in [0.2, 0.25) is 0 Å². The van der Waals surface area contributed by atoms with Crippen LogP contribution in [0.5, 0.6) is 0 Å². The fraction of sp³-hybridized carbons (Fsp3) is 0.0227. The summed E-state index contributed by atoms with van der Waals surface area (Å²) < 4.78 is 8.97. The van der Waals surface area contributed by atoms with Crippen LogP contribution in [-0.4, -0.2) is 4.57 Å². The number of benzene rings is 7. The van der Waals surface area contributed by atoms with Crippen molar-refractivity contribution in [2.75, 3.05) is 0 Å². The highest BCUT2D eigenvalue weighted by Crippen LogP contribution is 2.50. The number of furan rings is 1. The predicted molar refractivity (Wildman–Crippen MR) is 191 cm³/mol. The zero-order valence-electron chi connectivity index (χ0n) is 25.3. The van der Waals surface area contributed by atoms with Gasteiger partial charge in [0.25, 0.3) is 0 Å². The Morgan fingerprint density at radius 1 is 0.532 bits per heavy atom. The van der Waals surface area contributed by atoms with Crippen molar-refractivity contribution in [3.8, 4) is 34.0 Å². The highest BCUT2D eigenvalue weighted by molar-refractivity contribution is 6.24. The molecule has 2 aromatic heterocycles. The average Bonchev–Trinajstić information content (AvgIpc) is 3.79. The SMILES string of the molecule is N#Cc1ccc(-c2ccc3c(c2)c2c4oc5ccccc5c4ccc2n3-c2ccccc2)c(C2c3ccccc3-c3ccccc32)c1. The first-order chi connectivity index (χ1) is 23.3. The largest absolute Gasteiger partial charge is 0.455 e. The van der Waals surface area contributed by atoms with Gasteiger partial charge in [-0.15, -0.1) is 0 Å². The molecule has 0 radical (unpaired) electrons. The Balaban J connectivity index is 1.28. The summed E-state index contributed by atoms with van der Waals surface area (Å²) in [5.41, 5.74) is 14.2. The molecule has 0 fully saturated rings. The standard InChI is InChI=1S/C44H26N2O/c45-26-27-18-20-30(37(24-27)42-34-15-6-4-12-31(34)32-13-5-7-16-35(32)42)28-19-22-39-38(25-28)43-40(46(39)29-10-2-1-3-11-29)23-21-36-33-14-8-9-17-41(33)47-44(36)43/h1-25,42H. The topological polar surface area (TPSA) is 41.9 Å². The molecule has 3 heteroatoms. The van der Waals surface area contributed by atoms with Crippen molar-refractivity contribution in [3.63, 3.8) is 0 Å². The normalized spacial score (nSPS) is 12.6. The summed E-state index contributed by atoms with van der Waals surface area (Å²) in [5, 5.41) is 14.5. The van der Waals surface area contributed by atoms with E-state index in [0.717, 1.165) is 66.1 Å². The van der Waals surface area contributed by atoms with E-state index in [1.165, 1.54) is 22.3 Å². The lowest BCUT2D eigenvalue weighted by atomic mass is 9.83. The van der Waals surface area contributed by atoms with E-state index in [2.05, 4.69) is 144 Å². The molecule has 0 saturated carbocycles. The molecule has 9 aromatic rings. The molecule has 2 heterocycles. The van der Waals surface area contributed by atoms with E-state index in [-0.39, 0.29) is 5.92 Å². The van der Waals surface area contributed by atoms with Gasteiger partial charge in [0.15, 0.2) is 0 Å². The first-order valence-electron chi connectivity index (χ1n) is 15.9. The first-order valence-corrected chi connectivity index (χ1v) is 15.9. The van der Waals surface area contributed by atoms with Gasteiger partial charge in [0.1, 0.15) is 11.2 Å². The third kappa shape index (κ3) is 3.67. The second kappa shape index (κ2) is 9.81. The third-order valence-electron chi connectivity index (χ3n) is 9.92. The van der Waals surface area contributed by atoms with Crippen molar-refractivity contribution < 1.29 is 4.42 Å². The van der Waals surface area contributed by atoms with E-state index in [0.29, 0.717) is 5.56 Å². The molecule has 1 aliphatic rings. The molecule has 7 aromatic carbocycles. The maximum absolute atomic E-state index is 10.0. The van der Waals surface area contributed by atoms with Crippen LogP contribution in [-0.2, 0) is 0 Å². The van der Waals surface area contributed by atoms with Gasteiger partial charge < -0.3 is 8.98 Å². The Kier molecular flexibility index (Phi) is 5.41. The summed E-state index contributed by atoms with van der Waals surface area (Å²) >= 11 is 0. The number of hydrogen-bond donors (Lipinski definition) is 0. The lowest BCUT2D eigenvalue weighted by Gasteiger charge is -2.19. The van der Waals surface area contributed by atoms with Crippen LogP contribution in [0.4, 0.5) is 0 Å². The minimum Gasteiger partial charge on any atom is -0.455 e. The summed E-state index contributed by atoms with van der Waals surface area (Å²) in [6.45, 7) is 0. The zero-order chi connectivity index (χ0) is 31.1. The van der Waals surface area contributed by atoms with Crippen LogP contribution in [0.3, 0.4) is 0 Å². The zero-order valence-corrected chi connectivity index (χ0v) is 25.3. The molecule has 0 amide bonds. The highest BCUT2D eigenvalue weighted by Gasteiger charge is 2.31. The van der Waals surface area contributed by atoms with E-state index in [1.54, 1.807) is 0 Å². The van der Waals surface area contributed by atoms with E-state index >= 15 is 0 Å². The Labute approximate surface area is 271 Å². The molecule has 0 unspecified atom stereocenters. The maximum atomic E-state index is 10.0. The molecule has 0 N–H and O–H groups in total. The minimum absolute atomic E-state index is 0.0223.